The van der Waals surface area contributed by atoms with Gasteiger partial charge in [-0.15, -0.1) is 0 Å². The highest BCUT2D eigenvalue weighted by molar-refractivity contribution is 7.92. The monoisotopic (exact) mass is 420 g/mol. The van der Waals surface area contributed by atoms with Gasteiger partial charge in [-0.05, 0) is 56.2 Å². The van der Waals surface area contributed by atoms with E-state index in [1.165, 1.54) is 12.1 Å². The second-order valence-corrected chi connectivity index (χ2v) is 9.91. The predicted molar refractivity (Wildman–Crippen MR) is 110 cm³/mol. The first-order valence-corrected chi connectivity index (χ1v) is 10.8. The highest BCUT2D eigenvalue weighted by atomic mass is 32.2. The maximum atomic E-state index is 13.1. The number of nitrogens with one attached hydrogen (secondary N) is 1. The van der Waals surface area contributed by atoms with Crippen LogP contribution in [0.2, 0.25) is 0 Å². The van der Waals surface area contributed by atoms with E-state index in [9.17, 15) is 17.6 Å². The number of fused-ring (bicyclic) bond motifs is 1. The number of benzene rings is 2. The molecule has 1 N–H and O–H groups in total. The second-order valence-electron chi connectivity index (χ2n) is 8.22. The molecule has 8 heteroatoms. The smallest absolute Gasteiger partial charge is 0.261 e. The zero-order chi connectivity index (χ0) is 21.4. The summed E-state index contributed by atoms with van der Waals surface area (Å²) >= 11 is 0. The molecule has 1 heterocycles. The predicted octanol–water partition coefficient (Wildman–Crippen LogP) is 4.03. The van der Waals surface area contributed by atoms with Gasteiger partial charge in [0.05, 0.1) is 21.7 Å². The van der Waals surface area contributed by atoms with Crippen LogP contribution in [0.1, 0.15) is 27.7 Å². The maximum absolute atomic E-state index is 13.1. The summed E-state index contributed by atoms with van der Waals surface area (Å²) in [6, 6.07) is 9.41. The van der Waals surface area contributed by atoms with E-state index >= 15 is 0 Å². The Bertz CT molecular complexity index is 1020. The summed E-state index contributed by atoms with van der Waals surface area (Å²) < 4.78 is 46.6. The van der Waals surface area contributed by atoms with E-state index in [0.29, 0.717) is 23.7 Å². The van der Waals surface area contributed by atoms with Gasteiger partial charge in [0.25, 0.3) is 10.0 Å². The lowest BCUT2D eigenvalue weighted by atomic mass is 9.92. The number of amides is 1. The van der Waals surface area contributed by atoms with Crippen LogP contribution in [0.4, 0.5) is 15.8 Å². The molecule has 1 aliphatic rings. The van der Waals surface area contributed by atoms with E-state index in [0.717, 1.165) is 12.1 Å². The van der Waals surface area contributed by atoms with Crippen molar-refractivity contribution >= 4 is 27.3 Å². The Hall–Kier alpha value is -2.61. The fraction of sp³-hybridized carbons (Fsp3) is 0.381. The molecule has 0 aromatic heterocycles. The Balaban J connectivity index is 1.95. The number of sulfonamides is 1. The summed E-state index contributed by atoms with van der Waals surface area (Å²) in [5.74, 6) is 0.130. The molecule has 0 aliphatic carbocycles. The molecule has 0 saturated heterocycles. The first kappa shape index (κ1) is 21.1. The lowest BCUT2D eigenvalue weighted by molar-refractivity contribution is -0.127. The van der Waals surface area contributed by atoms with Crippen LogP contribution >= 0.6 is 0 Å². The number of rotatable bonds is 5. The van der Waals surface area contributed by atoms with Gasteiger partial charge in [0, 0.05) is 12.6 Å². The summed E-state index contributed by atoms with van der Waals surface area (Å²) in [4.78, 5) is 14.6. The van der Waals surface area contributed by atoms with Crippen molar-refractivity contribution in [2.75, 3.05) is 22.8 Å². The fourth-order valence-corrected chi connectivity index (χ4v) is 4.13. The molecule has 0 atom stereocenters. The molecule has 1 amide bonds. The maximum Gasteiger partial charge on any atom is 0.261 e. The van der Waals surface area contributed by atoms with Crippen molar-refractivity contribution in [1.29, 1.82) is 0 Å². The second kappa shape index (κ2) is 7.67. The lowest BCUT2D eigenvalue weighted by Crippen LogP contribution is -2.43. The Morgan fingerprint density at radius 3 is 2.45 bits per heavy atom. The Morgan fingerprint density at radius 2 is 1.83 bits per heavy atom. The van der Waals surface area contributed by atoms with Crippen molar-refractivity contribution in [3.63, 3.8) is 0 Å². The number of hydrogen-bond donors (Lipinski definition) is 1. The Labute approximate surface area is 170 Å². The fourth-order valence-electron chi connectivity index (χ4n) is 3.09. The number of anilines is 2. The van der Waals surface area contributed by atoms with Crippen molar-refractivity contribution < 1.29 is 22.3 Å². The van der Waals surface area contributed by atoms with E-state index in [-0.39, 0.29) is 23.3 Å². The summed E-state index contributed by atoms with van der Waals surface area (Å²) in [5, 5.41) is 0. The third-order valence-electron chi connectivity index (χ3n) is 4.59. The van der Waals surface area contributed by atoms with Crippen molar-refractivity contribution in [3.8, 4) is 5.75 Å². The van der Waals surface area contributed by atoms with Gasteiger partial charge < -0.3 is 9.64 Å². The highest BCUT2D eigenvalue weighted by Gasteiger charge is 2.38. The minimum atomic E-state index is -3.88. The number of ether oxygens (including phenoxy) is 1. The Morgan fingerprint density at radius 1 is 1.17 bits per heavy atom. The zero-order valence-corrected chi connectivity index (χ0v) is 17.7. The van der Waals surface area contributed by atoms with E-state index in [2.05, 4.69) is 4.72 Å². The first-order valence-electron chi connectivity index (χ1n) is 9.37. The molecule has 0 radical (unpaired) electrons. The van der Waals surface area contributed by atoms with E-state index in [1.807, 2.05) is 27.7 Å². The molecule has 6 nitrogen and oxygen atoms in total. The Kier molecular flexibility index (Phi) is 5.58. The average molecular weight is 421 g/mol. The third kappa shape index (κ3) is 4.53. The van der Waals surface area contributed by atoms with Crippen LogP contribution in [0.5, 0.6) is 5.75 Å². The number of carbonyl (C=O) groups excluding carboxylic acids is 1. The molecule has 2 aromatic carbocycles. The van der Waals surface area contributed by atoms with Crippen LogP contribution in [-0.2, 0) is 14.8 Å². The molecule has 2 aromatic rings. The lowest BCUT2D eigenvalue weighted by Gasteiger charge is -2.29. The van der Waals surface area contributed by atoms with Crippen molar-refractivity contribution in [3.05, 3.63) is 48.3 Å². The number of nitrogens with zero attached hydrogens (tertiary/aromatic N) is 1. The molecule has 1 aliphatic heterocycles. The molecule has 3 rings (SSSR count). The molecule has 29 heavy (non-hydrogen) atoms. The molecular formula is C21H25FN2O4S. The molecule has 0 spiro atoms. The minimum absolute atomic E-state index is 0.0374. The first-order chi connectivity index (χ1) is 13.5. The van der Waals surface area contributed by atoms with Crippen LogP contribution in [-0.4, -0.2) is 27.5 Å². The van der Waals surface area contributed by atoms with Crippen molar-refractivity contribution in [2.24, 2.45) is 11.3 Å². The molecule has 0 bridgehead atoms. The van der Waals surface area contributed by atoms with Crippen LogP contribution in [0.25, 0.3) is 0 Å². The molecule has 0 saturated carbocycles. The van der Waals surface area contributed by atoms with Crippen LogP contribution in [0.15, 0.2) is 47.4 Å². The van der Waals surface area contributed by atoms with E-state index < -0.39 is 21.3 Å². The van der Waals surface area contributed by atoms with Crippen LogP contribution in [0.3, 0.4) is 0 Å². The minimum Gasteiger partial charge on any atom is -0.490 e. The summed E-state index contributed by atoms with van der Waals surface area (Å²) in [6.07, 6.45) is 0. The molecule has 0 fully saturated rings. The standard InChI is InChI=1S/C21H25FN2O4S/c1-14(2)12-24-18-10-7-16(11-19(18)28-13-21(3,4)20(24)25)23-29(26,27)17-8-5-15(22)6-9-17/h5-11,14,23H,12-13H2,1-4H3. The number of carbonyl (C=O) groups is 1. The normalized spacial score (nSPS) is 16.2. The number of hydrogen-bond acceptors (Lipinski definition) is 4. The highest BCUT2D eigenvalue weighted by Crippen LogP contribution is 2.39. The largest absolute Gasteiger partial charge is 0.490 e. The SMILES string of the molecule is CC(C)CN1C(=O)C(C)(C)COc2cc(NS(=O)(=O)c3ccc(F)cc3)ccc21. The van der Waals surface area contributed by atoms with Gasteiger partial charge in [-0.2, -0.15) is 0 Å². The van der Waals surface area contributed by atoms with E-state index in [4.69, 9.17) is 4.74 Å². The summed E-state index contributed by atoms with van der Waals surface area (Å²) in [6.45, 7) is 8.41. The molecule has 0 unspecified atom stereocenters. The van der Waals surface area contributed by atoms with Gasteiger partial charge in [0.15, 0.2) is 0 Å². The number of halogens is 1. The van der Waals surface area contributed by atoms with Crippen molar-refractivity contribution in [1.82, 2.24) is 0 Å². The molecule has 156 valence electrons. The van der Waals surface area contributed by atoms with Crippen LogP contribution in [0, 0.1) is 17.2 Å². The quantitative estimate of drug-likeness (QED) is 0.792. The summed E-state index contributed by atoms with van der Waals surface area (Å²) in [7, 11) is -3.88. The van der Waals surface area contributed by atoms with Crippen molar-refractivity contribution in [2.45, 2.75) is 32.6 Å². The van der Waals surface area contributed by atoms with Gasteiger partial charge in [0.2, 0.25) is 5.91 Å². The third-order valence-corrected chi connectivity index (χ3v) is 5.98. The van der Waals surface area contributed by atoms with Gasteiger partial charge >= 0.3 is 0 Å². The summed E-state index contributed by atoms with van der Waals surface area (Å²) in [5.41, 5.74) is 0.200. The van der Waals surface area contributed by atoms with Gasteiger partial charge in [-0.25, -0.2) is 12.8 Å². The van der Waals surface area contributed by atoms with Gasteiger partial charge in [0.1, 0.15) is 18.2 Å². The topological polar surface area (TPSA) is 75.7 Å². The average Bonchev–Trinajstić information content (AvgIpc) is 2.72. The molecular weight excluding hydrogens is 395 g/mol. The van der Waals surface area contributed by atoms with Gasteiger partial charge in [-0.1, -0.05) is 13.8 Å². The van der Waals surface area contributed by atoms with E-state index in [1.54, 1.807) is 23.1 Å². The zero-order valence-electron chi connectivity index (χ0n) is 16.9. The van der Waals surface area contributed by atoms with Gasteiger partial charge in [-0.3, -0.25) is 9.52 Å². The van der Waals surface area contributed by atoms with Crippen LogP contribution < -0.4 is 14.4 Å².